The molecule has 3 heterocycles. The van der Waals surface area contributed by atoms with Crippen LogP contribution in [-0.4, -0.2) is 60.9 Å². The Morgan fingerprint density at radius 1 is 0.660 bits per heavy atom. The van der Waals surface area contributed by atoms with Gasteiger partial charge in [-0.15, -0.1) is 0 Å². The van der Waals surface area contributed by atoms with Crippen LogP contribution >= 0.6 is 0 Å². The first-order valence-corrected chi connectivity index (χ1v) is 16.4. The molecule has 9 heteroatoms. The summed E-state index contributed by atoms with van der Waals surface area (Å²) >= 11 is 0. The lowest BCUT2D eigenvalue weighted by Crippen LogP contribution is -2.59. The molecule has 6 rings (SSSR count). The van der Waals surface area contributed by atoms with E-state index in [0.717, 1.165) is 61.4 Å². The quantitative estimate of drug-likeness (QED) is 0.160. The number of rotatable bonds is 12. The maximum absolute atomic E-state index is 13.1. The highest BCUT2D eigenvalue weighted by Gasteiger charge is 2.40. The highest BCUT2D eigenvalue weighted by molar-refractivity contribution is 5.40. The zero-order valence-electron chi connectivity index (χ0n) is 26.5. The van der Waals surface area contributed by atoms with Gasteiger partial charge in [-0.25, -0.2) is 4.98 Å². The van der Waals surface area contributed by atoms with E-state index in [9.17, 15) is 13.2 Å². The van der Waals surface area contributed by atoms with E-state index in [2.05, 4.69) is 51.2 Å². The van der Waals surface area contributed by atoms with E-state index in [4.69, 9.17) is 14.2 Å². The van der Waals surface area contributed by atoms with Crippen molar-refractivity contribution in [2.75, 3.05) is 37.6 Å². The fraction of sp³-hybridized carbons (Fsp3) is 0.395. The van der Waals surface area contributed by atoms with Crippen molar-refractivity contribution in [1.29, 1.82) is 0 Å². The van der Waals surface area contributed by atoms with E-state index in [1.54, 1.807) is 0 Å². The second-order valence-corrected chi connectivity index (χ2v) is 12.5. The SMILES string of the molecule is FC(F)(F)c1ccc(N2CCC[C@H](CN3C[C@H](OCc4ccccc4)C(OCc4ccccc4)[C@H](OCc4ccccc4)C3)C2)nc1. The summed E-state index contributed by atoms with van der Waals surface area (Å²) < 4.78 is 59.3. The second kappa shape index (κ2) is 15.9. The van der Waals surface area contributed by atoms with Crippen LogP contribution in [0.2, 0.25) is 0 Å². The Balaban J connectivity index is 1.18. The van der Waals surface area contributed by atoms with Crippen LogP contribution in [0.15, 0.2) is 109 Å². The molecule has 2 aliphatic heterocycles. The molecule has 2 fully saturated rings. The van der Waals surface area contributed by atoms with Gasteiger partial charge in [-0.3, -0.25) is 4.90 Å². The lowest BCUT2D eigenvalue weighted by atomic mass is 9.94. The minimum atomic E-state index is -4.40. The number of alkyl halides is 3. The van der Waals surface area contributed by atoms with Gasteiger partial charge in [0, 0.05) is 38.9 Å². The normalized spacial score (nSPS) is 22.3. The highest BCUT2D eigenvalue weighted by atomic mass is 19.4. The summed E-state index contributed by atoms with van der Waals surface area (Å²) in [5, 5.41) is 0. The molecule has 0 bridgehead atoms. The zero-order chi connectivity index (χ0) is 32.5. The van der Waals surface area contributed by atoms with Gasteiger partial charge < -0.3 is 19.1 Å². The van der Waals surface area contributed by atoms with E-state index in [1.165, 1.54) is 6.07 Å². The summed E-state index contributed by atoms with van der Waals surface area (Å²) in [5.74, 6) is 0.906. The van der Waals surface area contributed by atoms with Crippen LogP contribution in [0.25, 0.3) is 0 Å². The Hall–Kier alpha value is -3.76. The van der Waals surface area contributed by atoms with Crippen LogP contribution in [0.5, 0.6) is 0 Å². The average Bonchev–Trinajstić information content (AvgIpc) is 3.10. The number of benzene rings is 3. The van der Waals surface area contributed by atoms with Gasteiger partial charge in [0.15, 0.2) is 0 Å². The predicted molar refractivity (Wildman–Crippen MR) is 176 cm³/mol. The van der Waals surface area contributed by atoms with Gasteiger partial charge in [0.1, 0.15) is 11.9 Å². The number of pyridine rings is 1. The molecule has 2 saturated heterocycles. The smallest absolute Gasteiger partial charge is 0.369 e. The third-order valence-corrected chi connectivity index (χ3v) is 8.94. The molecule has 47 heavy (non-hydrogen) atoms. The predicted octanol–water partition coefficient (Wildman–Crippen LogP) is 7.39. The van der Waals surface area contributed by atoms with E-state index in [1.807, 2.05) is 54.6 Å². The topological polar surface area (TPSA) is 47.1 Å². The number of halogens is 3. The van der Waals surface area contributed by atoms with E-state index in [-0.39, 0.29) is 18.3 Å². The van der Waals surface area contributed by atoms with Gasteiger partial charge in [0.2, 0.25) is 0 Å². The fourth-order valence-corrected chi connectivity index (χ4v) is 6.54. The number of likely N-dealkylation sites (tertiary alicyclic amines) is 1. The number of anilines is 1. The van der Waals surface area contributed by atoms with Crippen molar-refractivity contribution >= 4 is 5.82 Å². The number of hydrogen-bond acceptors (Lipinski definition) is 6. The fourth-order valence-electron chi connectivity index (χ4n) is 6.54. The summed E-state index contributed by atoms with van der Waals surface area (Å²) in [6.45, 7) is 5.08. The van der Waals surface area contributed by atoms with Gasteiger partial charge >= 0.3 is 6.18 Å². The molecule has 2 aliphatic rings. The Morgan fingerprint density at radius 2 is 1.19 bits per heavy atom. The zero-order valence-corrected chi connectivity index (χ0v) is 26.5. The van der Waals surface area contributed by atoms with Gasteiger partial charge in [-0.05, 0) is 47.6 Å². The number of piperidine rings is 2. The Morgan fingerprint density at radius 3 is 1.68 bits per heavy atom. The molecule has 3 aromatic carbocycles. The first-order chi connectivity index (χ1) is 22.9. The lowest BCUT2D eigenvalue weighted by molar-refractivity contribution is -0.185. The van der Waals surface area contributed by atoms with Crippen molar-refractivity contribution in [1.82, 2.24) is 9.88 Å². The maximum Gasteiger partial charge on any atom is 0.417 e. The monoisotopic (exact) mass is 645 g/mol. The largest absolute Gasteiger partial charge is 0.417 e. The van der Waals surface area contributed by atoms with Crippen molar-refractivity contribution in [3.8, 4) is 0 Å². The summed E-state index contributed by atoms with van der Waals surface area (Å²) in [5.41, 5.74) is 2.56. The first kappa shape index (κ1) is 33.2. The van der Waals surface area contributed by atoms with Crippen molar-refractivity contribution < 1.29 is 27.4 Å². The number of hydrogen-bond donors (Lipinski definition) is 0. The van der Waals surface area contributed by atoms with Crippen LogP contribution < -0.4 is 4.90 Å². The molecule has 4 aromatic rings. The standard InChI is InChI=1S/C38H42F3N3O3/c39-38(40,41)33-18-19-36(42-21-33)44-20-10-17-32(23-44)22-43-24-34(45-26-29-11-4-1-5-12-29)37(47-28-31-15-8-3-9-16-31)35(25-43)46-27-30-13-6-2-7-14-30/h1-9,11-16,18-19,21,32,34-35,37H,10,17,20,22-28H2/t32-,34-,35+,37?/m1/s1. The summed E-state index contributed by atoms with van der Waals surface area (Å²) in [7, 11) is 0. The number of aromatic nitrogens is 1. The van der Waals surface area contributed by atoms with Gasteiger partial charge in [-0.1, -0.05) is 91.0 Å². The van der Waals surface area contributed by atoms with Gasteiger partial charge in [-0.2, -0.15) is 13.2 Å². The average molecular weight is 646 g/mol. The molecule has 248 valence electrons. The Labute approximate surface area is 275 Å². The first-order valence-electron chi connectivity index (χ1n) is 16.4. The molecule has 0 saturated carbocycles. The van der Waals surface area contributed by atoms with Crippen LogP contribution in [-0.2, 0) is 40.2 Å². The van der Waals surface area contributed by atoms with Crippen LogP contribution in [0.4, 0.5) is 19.0 Å². The molecule has 4 atom stereocenters. The molecule has 0 amide bonds. The summed E-state index contributed by atoms with van der Waals surface area (Å²) in [4.78, 5) is 8.70. The van der Waals surface area contributed by atoms with E-state index < -0.39 is 11.7 Å². The second-order valence-electron chi connectivity index (χ2n) is 12.5. The number of ether oxygens (including phenoxy) is 3. The van der Waals surface area contributed by atoms with Crippen molar-refractivity contribution in [3.05, 3.63) is 132 Å². The third-order valence-electron chi connectivity index (χ3n) is 8.94. The Bertz CT molecular complexity index is 1440. The maximum atomic E-state index is 13.1. The summed E-state index contributed by atoms with van der Waals surface area (Å²) in [6.07, 6.45) is -2.22. The van der Waals surface area contributed by atoms with Gasteiger partial charge in [0.05, 0.1) is 37.6 Å². The molecular formula is C38H42F3N3O3. The molecule has 0 aliphatic carbocycles. The highest BCUT2D eigenvalue weighted by Crippen LogP contribution is 2.31. The number of nitrogens with zero attached hydrogens (tertiary/aromatic N) is 3. The van der Waals surface area contributed by atoms with E-state index in [0.29, 0.717) is 44.6 Å². The van der Waals surface area contributed by atoms with Crippen LogP contribution in [0, 0.1) is 5.92 Å². The third kappa shape index (κ3) is 9.41. The minimum absolute atomic E-state index is 0.232. The van der Waals surface area contributed by atoms with Crippen molar-refractivity contribution in [2.45, 2.75) is 57.2 Å². The van der Waals surface area contributed by atoms with Crippen molar-refractivity contribution in [3.63, 3.8) is 0 Å². The minimum Gasteiger partial charge on any atom is -0.369 e. The molecule has 0 radical (unpaired) electrons. The lowest BCUT2D eigenvalue weighted by Gasteiger charge is -2.45. The molecule has 0 spiro atoms. The van der Waals surface area contributed by atoms with E-state index >= 15 is 0 Å². The summed E-state index contributed by atoms with van der Waals surface area (Å²) in [6, 6.07) is 33.1. The van der Waals surface area contributed by atoms with Crippen LogP contribution in [0.1, 0.15) is 35.1 Å². The van der Waals surface area contributed by atoms with Crippen LogP contribution in [0.3, 0.4) is 0 Å². The molecular weight excluding hydrogens is 603 g/mol. The van der Waals surface area contributed by atoms with Gasteiger partial charge in [0.25, 0.3) is 0 Å². The molecule has 1 unspecified atom stereocenters. The van der Waals surface area contributed by atoms with Crippen molar-refractivity contribution in [2.24, 2.45) is 5.92 Å². The molecule has 6 nitrogen and oxygen atoms in total. The molecule has 1 aromatic heterocycles. The molecule has 0 N–H and O–H groups in total. The Kier molecular flexibility index (Phi) is 11.2.